The van der Waals surface area contributed by atoms with Gasteiger partial charge in [0.2, 0.25) is 0 Å². The molecule has 0 aliphatic rings. The highest BCUT2D eigenvalue weighted by Crippen LogP contribution is 2.15. The Kier molecular flexibility index (Phi) is 5.42. The van der Waals surface area contributed by atoms with Gasteiger partial charge in [0.1, 0.15) is 9.84 Å². The predicted molar refractivity (Wildman–Crippen MR) is 72.0 cm³/mol. The van der Waals surface area contributed by atoms with Crippen LogP contribution in [0.25, 0.3) is 0 Å². The van der Waals surface area contributed by atoms with Gasteiger partial charge in [0.15, 0.2) is 0 Å². The summed E-state index contributed by atoms with van der Waals surface area (Å²) in [5, 5.41) is 0.849. The Morgan fingerprint density at radius 2 is 2.18 bits per heavy atom. The highest BCUT2D eigenvalue weighted by molar-refractivity contribution is 8.00. The molecule has 0 aromatic carbocycles. The van der Waals surface area contributed by atoms with E-state index >= 15 is 0 Å². The van der Waals surface area contributed by atoms with Crippen LogP contribution in [0.4, 0.5) is 0 Å². The summed E-state index contributed by atoms with van der Waals surface area (Å²) < 4.78 is 21.9. The van der Waals surface area contributed by atoms with Gasteiger partial charge in [-0.25, -0.2) is 13.4 Å². The Balaban J connectivity index is 2.46. The lowest BCUT2D eigenvalue weighted by molar-refractivity contribution is 0.603. The highest BCUT2D eigenvalue weighted by atomic mass is 32.2. The van der Waals surface area contributed by atoms with Gasteiger partial charge >= 0.3 is 0 Å². The smallest absolute Gasteiger partial charge is 0.148 e. The minimum absolute atomic E-state index is 0.125. The number of thioether (sulfide) groups is 1. The molecule has 6 heteroatoms. The topological polar surface area (TPSA) is 73.1 Å². The Morgan fingerprint density at radius 1 is 1.47 bits per heavy atom. The van der Waals surface area contributed by atoms with E-state index in [0.29, 0.717) is 5.75 Å². The average Bonchev–Trinajstić information content (AvgIpc) is 2.18. The molecule has 1 rings (SSSR count). The Labute approximate surface area is 107 Å². The summed E-state index contributed by atoms with van der Waals surface area (Å²) in [5.74, 6) is 0.722. The monoisotopic (exact) mass is 274 g/mol. The molecular weight excluding hydrogens is 256 g/mol. The van der Waals surface area contributed by atoms with Gasteiger partial charge < -0.3 is 5.73 Å². The summed E-state index contributed by atoms with van der Waals surface area (Å²) in [6.07, 6.45) is 3.85. The third-order valence-electron chi connectivity index (χ3n) is 2.06. The van der Waals surface area contributed by atoms with Gasteiger partial charge in [-0.3, -0.25) is 0 Å². The molecule has 96 valence electrons. The molecule has 0 fully saturated rings. The molecule has 2 N–H and O–H groups in total. The molecule has 1 heterocycles. The van der Waals surface area contributed by atoms with E-state index in [0.717, 1.165) is 17.0 Å². The number of nitrogens with zero attached hydrogens (tertiary/aromatic N) is 1. The highest BCUT2D eigenvalue weighted by Gasteiger charge is 2.04. The van der Waals surface area contributed by atoms with Crippen molar-refractivity contribution in [3.05, 3.63) is 23.9 Å². The van der Waals surface area contributed by atoms with Crippen LogP contribution in [-0.4, -0.2) is 37.2 Å². The number of sulfone groups is 1. The van der Waals surface area contributed by atoms with Crippen molar-refractivity contribution in [1.29, 1.82) is 0 Å². The maximum Gasteiger partial charge on any atom is 0.148 e. The van der Waals surface area contributed by atoms with Crippen molar-refractivity contribution in [3.63, 3.8) is 0 Å². The molecule has 4 nitrogen and oxygen atoms in total. The van der Waals surface area contributed by atoms with Gasteiger partial charge in [0.05, 0.1) is 10.8 Å². The third kappa shape index (κ3) is 6.65. The Hall–Kier alpha value is -0.590. The van der Waals surface area contributed by atoms with E-state index in [4.69, 9.17) is 5.73 Å². The first-order valence-corrected chi connectivity index (χ1v) is 8.42. The van der Waals surface area contributed by atoms with Crippen LogP contribution >= 0.6 is 11.8 Å². The second-order valence-electron chi connectivity index (χ2n) is 4.16. The van der Waals surface area contributed by atoms with Gasteiger partial charge in [0, 0.05) is 24.2 Å². The number of rotatable bonds is 6. The first-order valence-electron chi connectivity index (χ1n) is 5.38. The number of aromatic nitrogens is 1. The molecule has 0 spiro atoms. The molecule has 0 bridgehead atoms. The van der Waals surface area contributed by atoms with E-state index in [1.807, 2.05) is 19.1 Å². The molecule has 0 aliphatic heterocycles. The number of pyridine rings is 1. The third-order valence-corrected chi connectivity index (χ3v) is 4.21. The zero-order chi connectivity index (χ0) is 12.9. The van der Waals surface area contributed by atoms with Crippen molar-refractivity contribution in [3.8, 4) is 0 Å². The molecule has 1 aromatic heterocycles. The second-order valence-corrected chi connectivity index (χ2v) is 7.54. The zero-order valence-corrected chi connectivity index (χ0v) is 11.7. The largest absolute Gasteiger partial charge is 0.328 e. The molecule has 0 radical (unpaired) electrons. The van der Waals surface area contributed by atoms with Crippen molar-refractivity contribution in [2.75, 3.05) is 17.8 Å². The van der Waals surface area contributed by atoms with Gasteiger partial charge in [0.25, 0.3) is 0 Å². The molecule has 0 amide bonds. The fourth-order valence-electron chi connectivity index (χ4n) is 1.29. The predicted octanol–water partition coefficient (Wildman–Crippen LogP) is 1.11. The summed E-state index contributed by atoms with van der Waals surface area (Å²) in [5.41, 5.74) is 6.80. The Morgan fingerprint density at radius 3 is 2.65 bits per heavy atom. The number of hydrogen-bond donors (Lipinski definition) is 1. The van der Waals surface area contributed by atoms with Crippen LogP contribution in [-0.2, 0) is 16.3 Å². The molecule has 1 unspecified atom stereocenters. The summed E-state index contributed by atoms with van der Waals surface area (Å²) in [7, 11) is -2.88. The molecule has 1 aromatic rings. The minimum Gasteiger partial charge on any atom is -0.328 e. The Bertz CT molecular complexity index is 441. The van der Waals surface area contributed by atoms with Gasteiger partial charge in [-0.1, -0.05) is 6.07 Å². The first-order chi connectivity index (χ1) is 7.87. The van der Waals surface area contributed by atoms with Crippen LogP contribution in [0.3, 0.4) is 0 Å². The lowest BCUT2D eigenvalue weighted by atomic mass is 10.1. The van der Waals surface area contributed by atoms with E-state index in [-0.39, 0.29) is 11.8 Å². The summed E-state index contributed by atoms with van der Waals surface area (Å²) in [4.78, 5) is 4.26. The lowest BCUT2D eigenvalue weighted by Crippen LogP contribution is -2.17. The number of hydrogen-bond acceptors (Lipinski definition) is 5. The van der Waals surface area contributed by atoms with Crippen molar-refractivity contribution in [2.45, 2.75) is 24.4 Å². The normalized spacial score (nSPS) is 13.6. The molecular formula is C11H18N2O2S2. The lowest BCUT2D eigenvalue weighted by Gasteiger charge is -2.05. The summed E-state index contributed by atoms with van der Waals surface area (Å²) in [6.45, 7) is 1.95. The van der Waals surface area contributed by atoms with Crippen LogP contribution in [0, 0.1) is 0 Å². The summed E-state index contributed by atoms with van der Waals surface area (Å²) >= 11 is 1.45. The average molecular weight is 274 g/mol. The SMILES string of the molecule is CC(N)Cc1ccc(SCCS(C)(=O)=O)nc1. The van der Waals surface area contributed by atoms with Crippen LogP contribution in [0.2, 0.25) is 0 Å². The van der Waals surface area contributed by atoms with E-state index < -0.39 is 9.84 Å². The minimum atomic E-state index is -2.88. The van der Waals surface area contributed by atoms with E-state index in [2.05, 4.69) is 4.98 Å². The quantitative estimate of drug-likeness (QED) is 0.787. The standard InChI is InChI=1S/C11H18N2O2S2/c1-9(12)7-10-3-4-11(13-8-10)16-5-6-17(2,14)15/h3-4,8-9H,5-7,12H2,1-2H3. The van der Waals surface area contributed by atoms with Crippen LogP contribution in [0.15, 0.2) is 23.4 Å². The number of nitrogens with two attached hydrogens (primary N) is 1. The summed E-state index contributed by atoms with van der Waals surface area (Å²) in [6, 6.07) is 4.02. The van der Waals surface area contributed by atoms with Crippen LogP contribution < -0.4 is 5.73 Å². The second kappa shape index (κ2) is 6.37. The van der Waals surface area contributed by atoms with Crippen molar-refractivity contribution in [1.82, 2.24) is 4.98 Å². The first kappa shape index (κ1) is 14.5. The van der Waals surface area contributed by atoms with Gasteiger partial charge in [-0.2, -0.15) is 0 Å². The molecule has 1 atom stereocenters. The molecule has 0 aliphatic carbocycles. The van der Waals surface area contributed by atoms with Crippen molar-refractivity contribution >= 4 is 21.6 Å². The molecule has 0 saturated heterocycles. The van der Waals surface area contributed by atoms with Crippen molar-refractivity contribution < 1.29 is 8.42 Å². The van der Waals surface area contributed by atoms with Crippen LogP contribution in [0.1, 0.15) is 12.5 Å². The fraction of sp³-hybridized carbons (Fsp3) is 0.545. The van der Waals surface area contributed by atoms with Gasteiger partial charge in [-0.15, -0.1) is 11.8 Å². The van der Waals surface area contributed by atoms with Gasteiger partial charge in [-0.05, 0) is 25.0 Å². The zero-order valence-electron chi connectivity index (χ0n) is 10.1. The molecule has 17 heavy (non-hydrogen) atoms. The fourth-order valence-corrected chi connectivity index (χ4v) is 3.33. The molecule has 0 saturated carbocycles. The van der Waals surface area contributed by atoms with E-state index in [1.54, 1.807) is 6.20 Å². The van der Waals surface area contributed by atoms with E-state index in [1.165, 1.54) is 18.0 Å². The maximum atomic E-state index is 10.9. The maximum absolute atomic E-state index is 10.9. The van der Waals surface area contributed by atoms with Crippen molar-refractivity contribution in [2.24, 2.45) is 5.73 Å². The van der Waals surface area contributed by atoms with E-state index in [9.17, 15) is 8.42 Å². The van der Waals surface area contributed by atoms with Crippen LogP contribution in [0.5, 0.6) is 0 Å².